The van der Waals surface area contributed by atoms with Gasteiger partial charge in [-0.15, -0.1) is 11.3 Å². The molecule has 1 heterocycles. The first-order valence-corrected chi connectivity index (χ1v) is 11.2. The Balaban J connectivity index is 2.16. The molecule has 0 radical (unpaired) electrons. The molecule has 2 aromatic rings. The third kappa shape index (κ3) is 5.80. The summed E-state index contributed by atoms with van der Waals surface area (Å²) in [5.41, 5.74) is 0.547. The van der Waals surface area contributed by atoms with Gasteiger partial charge in [0.15, 0.2) is 18.1 Å². The predicted molar refractivity (Wildman–Crippen MR) is 110 cm³/mol. The first-order valence-electron chi connectivity index (χ1n) is 8.92. The molecule has 2 rings (SSSR count). The summed E-state index contributed by atoms with van der Waals surface area (Å²) >= 11 is 1.11. The Morgan fingerprint density at radius 2 is 1.89 bits per heavy atom. The largest absolute Gasteiger partial charge is 0.490 e. The van der Waals surface area contributed by atoms with Crippen molar-refractivity contribution in [3.05, 3.63) is 41.3 Å². The zero-order valence-corrected chi connectivity index (χ0v) is 17.8. The van der Waals surface area contributed by atoms with Crippen molar-refractivity contribution in [1.82, 2.24) is 4.90 Å². The smallest absolute Gasteiger partial charge is 0.291 e. The zero-order chi connectivity index (χ0) is 20.6. The Hall–Kier alpha value is -2.39. The third-order valence-corrected chi connectivity index (χ3v) is 6.43. The highest BCUT2D eigenvalue weighted by molar-refractivity contribution is 7.92. The van der Waals surface area contributed by atoms with Crippen LogP contribution in [-0.2, 0) is 14.8 Å². The maximum absolute atomic E-state index is 12.2. The SMILES string of the molecule is CCOc1cc(/C=N\S(=O)(=O)c2cccs2)ccc1OCC(=O)N(CC)CC. The van der Waals surface area contributed by atoms with Crippen LogP contribution in [0.25, 0.3) is 0 Å². The van der Waals surface area contributed by atoms with Crippen molar-refractivity contribution in [3.63, 3.8) is 0 Å². The number of sulfonamides is 1. The summed E-state index contributed by atoms with van der Waals surface area (Å²) in [6, 6.07) is 8.10. The van der Waals surface area contributed by atoms with E-state index in [9.17, 15) is 13.2 Å². The van der Waals surface area contributed by atoms with E-state index in [4.69, 9.17) is 9.47 Å². The van der Waals surface area contributed by atoms with Crippen LogP contribution >= 0.6 is 11.3 Å². The quantitative estimate of drug-likeness (QED) is 0.547. The number of amides is 1. The lowest BCUT2D eigenvalue weighted by Crippen LogP contribution is -2.34. The number of ether oxygens (including phenoxy) is 2. The second kappa shape index (κ2) is 10.2. The summed E-state index contributed by atoms with van der Waals surface area (Å²) < 4.78 is 39.4. The average molecular weight is 425 g/mol. The molecule has 0 N–H and O–H groups in total. The zero-order valence-electron chi connectivity index (χ0n) is 16.1. The molecule has 0 bridgehead atoms. The summed E-state index contributed by atoms with van der Waals surface area (Å²) in [5, 5.41) is 1.68. The molecule has 0 saturated heterocycles. The van der Waals surface area contributed by atoms with Crippen molar-refractivity contribution in [2.45, 2.75) is 25.0 Å². The van der Waals surface area contributed by atoms with E-state index < -0.39 is 10.0 Å². The molecule has 1 aromatic carbocycles. The van der Waals surface area contributed by atoms with Gasteiger partial charge in [0, 0.05) is 19.3 Å². The molecular formula is C19H24N2O5S2. The van der Waals surface area contributed by atoms with Gasteiger partial charge in [-0.05, 0) is 56.0 Å². The van der Waals surface area contributed by atoms with Gasteiger partial charge in [0.25, 0.3) is 15.9 Å². The molecule has 0 saturated carbocycles. The number of hydrogen-bond acceptors (Lipinski definition) is 6. The van der Waals surface area contributed by atoms with Gasteiger partial charge in [-0.25, -0.2) is 0 Å². The van der Waals surface area contributed by atoms with E-state index in [1.54, 1.807) is 34.5 Å². The fourth-order valence-electron chi connectivity index (χ4n) is 2.39. The highest BCUT2D eigenvalue weighted by Crippen LogP contribution is 2.28. The first kappa shape index (κ1) is 21.9. The van der Waals surface area contributed by atoms with Gasteiger partial charge >= 0.3 is 0 Å². The van der Waals surface area contributed by atoms with E-state index in [2.05, 4.69) is 4.40 Å². The van der Waals surface area contributed by atoms with Crippen LogP contribution in [0, 0.1) is 0 Å². The van der Waals surface area contributed by atoms with Gasteiger partial charge in [0.1, 0.15) is 4.21 Å². The summed E-state index contributed by atoms with van der Waals surface area (Å²) in [4.78, 5) is 13.8. The first-order chi connectivity index (χ1) is 13.4. The molecule has 0 aliphatic heterocycles. The van der Waals surface area contributed by atoms with E-state index in [-0.39, 0.29) is 16.7 Å². The minimum absolute atomic E-state index is 0.0953. The van der Waals surface area contributed by atoms with Crippen molar-refractivity contribution in [2.24, 2.45) is 4.40 Å². The molecule has 0 aliphatic rings. The summed E-state index contributed by atoms with van der Waals surface area (Å²) in [5.74, 6) is 0.730. The Morgan fingerprint density at radius 1 is 1.14 bits per heavy atom. The van der Waals surface area contributed by atoms with E-state index >= 15 is 0 Å². The minimum Gasteiger partial charge on any atom is -0.490 e. The Bertz CT molecular complexity index is 904. The Kier molecular flexibility index (Phi) is 8.01. The molecule has 28 heavy (non-hydrogen) atoms. The van der Waals surface area contributed by atoms with Gasteiger partial charge < -0.3 is 14.4 Å². The second-order valence-electron chi connectivity index (χ2n) is 5.64. The molecule has 0 spiro atoms. The van der Waals surface area contributed by atoms with Gasteiger partial charge in [-0.1, -0.05) is 6.07 Å². The van der Waals surface area contributed by atoms with Crippen LogP contribution in [0.2, 0.25) is 0 Å². The topological polar surface area (TPSA) is 85.3 Å². The highest BCUT2D eigenvalue weighted by Gasteiger charge is 2.14. The van der Waals surface area contributed by atoms with E-state index in [1.165, 1.54) is 12.3 Å². The number of thiophene rings is 1. The van der Waals surface area contributed by atoms with Gasteiger partial charge in [-0.2, -0.15) is 12.8 Å². The molecule has 0 fully saturated rings. The number of likely N-dealkylation sites (N-methyl/N-ethyl adjacent to an activating group) is 1. The fourth-order valence-corrected chi connectivity index (χ4v) is 4.24. The molecule has 1 aromatic heterocycles. The fraction of sp³-hybridized carbons (Fsp3) is 0.368. The van der Waals surface area contributed by atoms with E-state index in [0.29, 0.717) is 36.8 Å². The standard InChI is InChI=1S/C19H24N2O5S2/c1-4-21(5-2)18(22)14-26-16-10-9-15(12-17(16)25-6-3)13-20-28(23,24)19-8-7-11-27-19/h7-13H,4-6,14H2,1-3H3/b20-13-. The van der Waals surface area contributed by atoms with Crippen LogP contribution in [-0.4, -0.2) is 51.7 Å². The van der Waals surface area contributed by atoms with Gasteiger partial charge in [0.2, 0.25) is 0 Å². The number of carbonyl (C=O) groups excluding carboxylic acids is 1. The summed E-state index contributed by atoms with van der Waals surface area (Å²) in [7, 11) is -3.72. The van der Waals surface area contributed by atoms with Crippen molar-refractivity contribution in [3.8, 4) is 11.5 Å². The van der Waals surface area contributed by atoms with E-state index in [0.717, 1.165) is 11.3 Å². The van der Waals surface area contributed by atoms with E-state index in [1.807, 2.05) is 20.8 Å². The van der Waals surface area contributed by atoms with Crippen molar-refractivity contribution in [2.75, 3.05) is 26.3 Å². The number of benzene rings is 1. The van der Waals surface area contributed by atoms with Crippen molar-refractivity contribution >= 4 is 33.5 Å². The average Bonchev–Trinajstić information content (AvgIpc) is 3.23. The van der Waals surface area contributed by atoms with Gasteiger partial charge in [0.05, 0.1) is 6.61 Å². The molecule has 0 unspecified atom stereocenters. The lowest BCUT2D eigenvalue weighted by Gasteiger charge is -2.19. The summed E-state index contributed by atoms with van der Waals surface area (Å²) in [6.07, 6.45) is 1.27. The number of rotatable bonds is 10. The monoisotopic (exact) mass is 424 g/mol. The highest BCUT2D eigenvalue weighted by atomic mass is 32.2. The van der Waals surface area contributed by atoms with Crippen molar-refractivity contribution < 1.29 is 22.7 Å². The number of hydrogen-bond donors (Lipinski definition) is 0. The number of nitrogens with zero attached hydrogens (tertiary/aromatic N) is 2. The van der Waals surface area contributed by atoms with Crippen LogP contribution < -0.4 is 9.47 Å². The Labute approximate surface area is 169 Å². The van der Waals surface area contributed by atoms with Crippen LogP contribution in [0.1, 0.15) is 26.3 Å². The molecule has 0 atom stereocenters. The van der Waals surface area contributed by atoms with Crippen molar-refractivity contribution in [1.29, 1.82) is 0 Å². The maximum Gasteiger partial charge on any atom is 0.291 e. The second-order valence-corrected chi connectivity index (χ2v) is 8.44. The van der Waals surface area contributed by atoms with Crippen LogP contribution in [0.3, 0.4) is 0 Å². The lowest BCUT2D eigenvalue weighted by atomic mass is 10.2. The predicted octanol–water partition coefficient (Wildman–Crippen LogP) is 3.20. The number of carbonyl (C=O) groups is 1. The molecule has 9 heteroatoms. The van der Waals surface area contributed by atoms with Crippen LogP contribution in [0.4, 0.5) is 0 Å². The Morgan fingerprint density at radius 3 is 2.50 bits per heavy atom. The molecule has 1 amide bonds. The van der Waals surface area contributed by atoms with Crippen LogP contribution in [0.15, 0.2) is 44.3 Å². The summed E-state index contributed by atoms with van der Waals surface area (Å²) in [6.45, 7) is 7.18. The molecular weight excluding hydrogens is 400 g/mol. The molecule has 0 aliphatic carbocycles. The normalized spacial score (nSPS) is 11.5. The maximum atomic E-state index is 12.2. The lowest BCUT2D eigenvalue weighted by molar-refractivity contribution is -0.132. The van der Waals surface area contributed by atoms with Crippen LogP contribution in [0.5, 0.6) is 11.5 Å². The third-order valence-electron chi connectivity index (χ3n) is 3.82. The van der Waals surface area contributed by atoms with Gasteiger partial charge in [-0.3, -0.25) is 4.79 Å². The molecule has 7 nitrogen and oxygen atoms in total. The minimum atomic E-state index is -3.72. The molecule has 152 valence electrons.